The number of fused-ring (bicyclic) bond motifs is 1. The largest absolute Gasteiger partial charge is 0.408 e. The summed E-state index contributed by atoms with van der Waals surface area (Å²) >= 11 is 1.14. The predicted octanol–water partition coefficient (Wildman–Crippen LogP) is 4.74. The number of hydrogen-bond donors (Lipinski definition) is 3. The van der Waals surface area contributed by atoms with Crippen molar-refractivity contribution < 1.29 is 27.2 Å². The van der Waals surface area contributed by atoms with Gasteiger partial charge in [-0.25, -0.2) is 8.91 Å². The van der Waals surface area contributed by atoms with Gasteiger partial charge in [0, 0.05) is 11.8 Å². The van der Waals surface area contributed by atoms with Crippen LogP contribution in [-0.4, -0.2) is 38.6 Å². The van der Waals surface area contributed by atoms with Crippen LogP contribution in [0.4, 0.5) is 23.5 Å². The van der Waals surface area contributed by atoms with E-state index in [0.717, 1.165) is 16.9 Å². The van der Waals surface area contributed by atoms with Crippen molar-refractivity contribution in [2.45, 2.75) is 38.5 Å². The summed E-state index contributed by atoms with van der Waals surface area (Å²) in [6.45, 7) is 3.08. The zero-order valence-electron chi connectivity index (χ0n) is 19.6. The Labute approximate surface area is 212 Å². The second kappa shape index (κ2) is 10.2. The first-order chi connectivity index (χ1) is 17.5. The minimum atomic E-state index is -4.62. The fourth-order valence-electron chi connectivity index (χ4n) is 3.69. The molecule has 3 aromatic heterocycles. The van der Waals surface area contributed by atoms with Gasteiger partial charge < -0.3 is 16.4 Å². The number of rotatable bonds is 7. The van der Waals surface area contributed by atoms with E-state index in [1.54, 1.807) is 30.5 Å². The number of thiophene rings is 1. The number of anilines is 1. The molecule has 2 atom stereocenters. The highest BCUT2D eigenvalue weighted by atomic mass is 32.1. The molecule has 0 saturated heterocycles. The van der Waals surface area contributed by atoms with Gasteiger partial charge in [0.05, 0.1) is 16.5 Å². The highest BCUT2D eigenvalue weighted by Gasteiger charge is 2.39. The van der Waals surface area contributed by atoms with E-state index < -0.39 is 18.1 Å². The summed E-state index contributed by atoms with van der Waals surface area (Å²) in [5.41, 5.74) is 7.20. The zero-order chi connectivity index (χ0) is 26.9. The topological polar surface area (TPSA) is 114 Å². The number of nitrogens with one attached hydrogen (secondary N) is 2. The van der Waals surface area contributed by atoms with Crippen molar-refractivity contribution in [1.29, 1.82) is 0 Å². The third kappa shape index (κ3) is 5.71. The van der Waals surface area contributed by atoms with Crippen molar-refractivity contribution in [3.05, 3.63) is 69.8 Å². The number of aromatic nitrogens is 3. The summed E-state index contributed by atoms with van der Waals surface area (Å²) in [6, 6.07) is 6.31. The van der Waals surface area contributed by atoms with Gasteiger partial charge in [0.15, 0.2) is 5.65 Å². The Morgan fingerprint density at radius 2 is 1.81 bits per heavy atom. The van der Waals surface area contributed by atoms with Crippen LogP contribution in [0.1, 0.15) is 51.9 Å². The molecule has 0 radical (unpaired) electrons. The lowest BCUT2D eigenvalue weighted by Crippen LogP contribution is -2.45. The van der Waals surface area contributed by atoms with Crippen LogP contribution >= 0.6 is 11.3 Å². The first-order valence-electron chi connectivity index (χ1n) is 11.1. The Morgan fingerprint density at radius 1 is 1.11 bits per heavy atom. The number of nitrogens with zero attached hydrogens (tertiary/aromatic N) is 3. The number of halogens is 4. The van der Waals surface area contributed by atoms with Gasteiger partial charge in [0.1, 0.15) is 11.9 Å². The highest BCUT2D eigenvalue weighted by molar-refractivity contribution is 7.12. The van der Waals surface area contributed by atoms with E-state index in [9.17, 15) is 27.2 Å². The maximum absolute atomic E-state index is 13.2. The minimum Gasteiger partial charge on any atom is -0.366 e. The number of pyridine rings is 1. The predicted molar refractivity (Wildman–Crippen MR) is 131 cm³/mol. The number of alkyl halides is 3. The molecule has 0 fully saturated rings. The van der Waals surface area contributed by atoms with Crippen molar-refractivity contribution in [2.24, 2.45) is 0 Å². The first kappa shape index (κ1) is 26.1. The lowest BCUT2D eigenvalue weighted by molar-refractivity contribution is -0.153. The van der Waals surface area contributed by atoms with Crippen molar-refractivity contribution in [3.8, 4) is 11.1 Å². The Kier molecular flexibility index (Phi) is 7.16. The van der Waals surface area contributed by atoms with E-state index >= 15 is 0 Å². The molecule has 2 amide bonds. The molecule has 0 aliphatic heterocycles. The van der Waals surface area contributed by atoms with E-state index in [2.05, 4.69) is 15.4 Å². The van der Waals surface area contributed by atoms with E-state index in [1.165, 1.54) is 35.8 Å². The molecule has 194 valence electrons. The summed E-state index contributed by atoms with van der Waals surface area (Å²) in [6.07, 6.45) is -3.45. The third-order valence-corrected chi connectivity index (χ3v) is 6.61. The molecule has 0 unspecified atom stereocenters. The molecule has 0 aliphatic carbocycles. The van der Waals surface area contributed by atoms with Crippen LogP contribution in [0.2, 0.25) is 0 Å². The normalized spacial score (nSPS) is 13.4. The van der Waals surface area contributed by atoms with Gasteiger partial charge in [-0.3, -0.25) is 9.59 Å². The molecular formula is C24H22F4N6O2S. The molecule has 13 heteroatoms. The van der Waals surface area contributed by atoms with Gasteiger partial charge in [-0.2, -0.15) is 18.2 Å². The lowest BCUT2D eigenvalue weighted by atomic mass is 10.1. The first-order valence-corrected chi connectivity index (χ1v) is 12.0. The number of carbonyl (C=O) groups excluding carboxylic acids is 2. The molecule has 1 aromatic carbocycles. The molecule has 0 aliphatic rings. The van der Waals surface area contributed by atoms with Crippen LogP contribution < -0.4 is 16.4 Å². The van der Waals surface area contributed by atoms with Crippen LogP contribution in [-0.2, 0) is 0 Å². The molecular weight excluding hydrogens is 512 g/mol. The van der Waals surface area contributed by atoms with Crippen LogP contribution in [0, 0.1) is 5.82 Å². The summed E-state index contributed by atoms with van der Waals surface area (Å²) in [5, 5.41) is 10.5. The average Bonchev–Trinajstić information content (AvgIpc) is 3.47. The van der Waals surface area contributed by atoms with Crippen LogP contribution in [0.15, 0.2) is 48.0 Å². The number of nitrogens with two attached hydrogens (primary N) is 1. The summed E-state index contributed by atoms with van der Waals surface area (Å²) in [5.74, 6) is -1.89. The Balaban J connectivity index is 1.61. The standard InChI is InChI=1S/C24H22F4N6O2S/c1-3-19(24(26,27)28)31-21(35)17-8-14(10-34-20(17)32-23(29)33-34)15-9-18(37-11-15)22(36)30-12(2)13-4-6-16(25)7-5-13/h4-12,19H,3H2,1-2H3,(H2,29,33)(H,30,36)(H,31,35)/t12-,19-/m0/s1. The number of carbonyl (C=O) groups is 2. The van der Waals surface area contributed by atoms with E-state index in [4.69, 9.17) is 5.73 Å². The average molecular weight is 535 g/mol. The van der Waals surface area contributed by atoms with Gasteiger partial charge in [0.25, 0.3) is 11.8 Å². The van der Waals surface area contributed by atoms with Gasteiger partial charge in [-0.1, -0.05) is 19.1 Å². The summed E-state index contributed by atoms with van der Waals surface area (Å²) in [7, 11) is 0. The molecule has 4 rings (SSSR count). The molecule has 0 spiro atoms. The second-order valence-electron chi connectivity index (χ2n) is 8.30. The zero-order valence-corrected chi connectivity index (χ0v) is 20.5. The van der Waals surface area contributed by atoms with E-state index in [0.29, 0.717) is 16.0 Å². The molecule has 0 saturated carbocycles. The lowest BCUT2D eigenvalue weighted by Gasteiger charge is -2.20. The summed E-state index contributed by atoms with van der Waals surface area (Å²) in [4.78, 5) is 30.0. The maximum atomic E-state index is 13.2. The van der Waals surface area contributed by atoms with E-state index in [1.807, 2.05) is 5.32 Å². The Hall–Kier alpha value is -4.00. The molecule has 8 nitrogen and oxygen atoms in total. The monoisotopic (exact) mass is 534 g/mol. The van der Waals surface area contributed by atoms with Crippen LogP contribution in [0.25, 0.3) is 16.8 Å². The van der Waals surface area contributed by atoms with Gasteiger partial charge >= 0.3 is 6.18 Å². The minimum absolute atomic E-state index is 0.00269. The van der Waals surface area contributed by atoms with Crippen LogP contribution in [0.5, 0.6) is 0 Å². The molecule has 3 heterocycles. The molecule has 4 N–H and O–H groups in total. The Morgan fingerprint density at radius 3 is 2.46 bits per heavy atom. The van der Waals surface area contributed by atoms with Crippen molar-refractivity contribution in [2.75, 3.05) is 5.73 Å². The number of nitrogen functional groups attached to an aromatic ring is 1. The van der Waals surface area contributed by atoms with Crippen molar-refractivity contribution in [1.82, 2.24) is 25.2 Å². The quantitative estimate of drug-likeness (QED) is 0.297. The molecule has 0 bridgehead atoms. The van der Waals surface area contributed by atoms with Crippen molar-refractivity contribution in [3.63, 3.8) is 0 Å². The van der Waals surface area contributed by atoms with Gasteiger partial charge in [-0.15, -0.1) is 16.4 Å². The number of benzene rings is 1. The Bertz CT molecular complexity index is 1450. The summed E-state index contributed by atoms with van der Waals surface area (Å²) < 4.78 is 54.1. The SMILES string of the molecule is CC[C@H](NC(=O)c1cc(-c2csc(C(=O)N[C@@H](C)c3ccc(F)cc3)c2)cn2nc(N)nc12)C(F)(F)F. The van der Waals surface area contributed by atoms with Crippen LogP contribution in [0.3, 0.4) is 0 Å². The van der Waals surface area contributed by atoms with E-state index in [-0.39, 0.29) is 41.3 Å². The van der Waals surface area contributed by atoms with Crippen molar-refractivity contribution >= 4 is 34.7 Å². The fourth-order valence-corrected chi connectivity index (χ4v) is 4.51. The van der Waals surface area contributed by atoms with Gasteiger partial charge in [0.2, 0.25) is 5.95 Å². The van der Waals surface area contributed by atoms with Gasteiger partial charge in [-0.05, 0) is 54.1 Å². The fraction of sp³-hybridized carbons (Fsp3) is 0.250. The molecule has 37 heavy (non-hydrogen) atoms. The third-order valence-electron chi connectivity index (χ3n) is 5.68. The number of hydrogen-bond acceptors (Lipinski definition) is 6. The number of amides is 2. The highest BCUT2D eigenvalue weighted by Crippen LogP contribution is 2.29. The maximum Gasteiger partial charge on any atom is 0.408 e. The smallest absolute Gasteiger partial charge is 0.366 e. The second-order valence-corrected chi connectivity index (χ2v) is 9.21. The molecule has 4 aromatic rings.